The highest BCUT2D eigenvalue weighted by molar-refractivity contribution is 6.31. The molecule has 4 nitrogen and oxygen atoms in total. The van der Waals surface area contributed by atoms with E-state index in [9.17, 15) is 0 Å². The van der Waals surface area contributed by atoms with E-state index >= 15 is 0 Å². The van der Waals surface area contributed by atoms with Gasteiger partial charge < -0.3 is 4.74 Å². The summed E-state index contributed by atoms with van der Waals surface area (Å²) in [5, 5.41) is 5.72. The average molecular weight is 362 g/mol. The largest absolute Gasteiger partial charge is 0.478 e. The lowest BCUT2D eigenvalue weighted by molar-refractivity contribution is 0.328. The fourth-order valence-electron chi connectivity index (χ4n) is 2.46. The molecule has 124 valence electrons. The monoisotopic (exact) mass is 361 g/mol. The molecule has 0 aliphatic heterocycles. The lowest BCUT2D eigenvalue weighted by Gasteiger charge is -2.12. The molecule has 0 aliphatic rings. The zero-order chi connectivity index (χ0) is 17.1. The van der Waals surface area contributed by atoms with Crippen molar-refractivity contribution in [3.8, 4) is 17.0 Å². The van der Waals surface area contributed by atoms with Crippen LogP contribution < -0.4 is 4.74 Å². The van der Waals surface area contributed by atoms with Crippen LogP contribution in [-0.4, -0.2) is 21.4 Å². The molecule has 0 amide bonds. The van der Waals surface area contributed by atoms with Gasteiger partial charge in [-0.15, -0.1) is 0 Å². The summed E-state index contributed by atoms with van der Waals surface area (Å²) in [7, 11) is 0. The van der Waals surface area contributed by atoms with E-state index in [4.69, 9.17) is 27.9 Å². The van der Waals surface area contributed by atoms with Gasteiger partial charge in [0.15, 0.2) is 0 Å². The minimum atomic E-state index is 0.549. The van der Waals surface area contributed by atoms with E-state index in [2.05, 4.69) is 16.1 Å². The smallest absolute Gasteiger partial charge is 0.221 e. The van der Waals surface area contributed by atoms with Gasteiger partial charge in [0.05, 0.1) is 23.9 Å². The number of aryl methyl sites for hydroxylation is 1. The summed E-state index contributed by atoms with van der Waals surface area (Å²) in [5.41, 5.74) is 3.69. The summed E-state index contributed by atoms with van der Waals surface area (Å²) < 4.78 is 7.46. The molecule has 3 rings (SSSR count). The first kappa shape index (κ1) is 16.8. The predicted molar refractivity (Wildman–Crippen MR) is 96.9 cm³/mol. The standard InChI is InChI=1S/C18H17Cl2N3O/c1-3-24-18-16(14-5-4-6-15(19)8-14)7-13(9-21-18)10-23-11-17(20)12(2)22-23/h4-9,11H,3,10H2,1-2H3. The van der Waals surface area contributed by atoms with Crippen molar-refractivity contribution in [1.29, 1.82) is 0 Å². The van der Waals surface area contributed by atoms with Crippen LogP contribution in [0.25, 0.3) is 11.1 Å². The molecule has 0 N–H and O–H groups in total. The minimum absolute atomic E-state index is 0.549. The van der Waals surface area contributed by atoms with Gasteiger partial charge in [-0.2, -0.15) is 5.10 Å². The Balaban J connectivity index is 1.99. The second-order valence-corrected chi connectivity index (χ2v) is 6.24. The minimum Gasteiger partial charge on any atom is -0.478 e. The quantitative estimate of drug-likeness (QED) is 0.641. The van der Waals surface area contributed by atoms with E-state index in [1.165, 1.54) is 0 Å². The Bertz CT molecular complexity index is 842. The van der Waals surface area contributed by atoms with Crippen LogP contribution in [0.4, 0.5) is 0 Å². The number of hydrogen-bond acceptors (Lipinski definition) is 3. The summed E-state index contributed by atoms with van der Waals surface area (Å²) in [6.07, 6.45) is 3.61. The molecule has 0 aliphatic carbocycles. The van der Waals surface area contributed by atoms with Crippen LogP contribution in [0.5, 0.6) is 5.88 Å². The van der Waals surface area contributed by atoms with E-state index in [-0.39, 0.29) is 0 Å². The third-order valence-electron chi connectivity index (χ3n) is 3.56. The highest BCUT2D eigenvalue weighted by atomic mass is 35.5. The fraction of sp³-hybridized carbons (Fsp3) is 0.222. The molecule has 2 heterocycles. The molecule has 24 heavy (non-hydrogen) atoms. The Morgan fingerprint density at radius 3 is 2.71 bits per heavy atom. The molecule has 0 spiro atoms. The molecule has 0 fully saturated rings. The number of rotatable bonds is 5. The lowest BCUT2D eigenvalue weighted by atomic mass is 10.1. The van der Waals surface area contributed by atoms with E-state index in [0.29, 0.717) is 29.1 Å². The highest BCUT2D eigenvalue weighted by Crippen LogP contribution is 2.31. The lowest BCUT2D eigenvalue weighted by Crippen LogP contribution is -2.03. The van der Waals surface area contributed by atoms with Crippen LogP contribution in [0.15, 0.2) is 42.7 Å². The average Bonchev–Trinajstić information content (AvgIpc) is 2.87. The van der Waals surface area contributed by atoms with Gasteiger partial charge in [0, 0.05) is 23.0 Å². The molecule has 0 saturated heterocycles. The van der Waals surface area contributed by atoms with Gasteiger partial charge in [-0.25, -0.2) is 4.98 Å². The van der Waals surface area contributed by atoms with Crippen LogP contribution in [0.1, 0.15) is 18.2 Å². The van der Waals surface area contributed by atoms with Crippen LogP contribution >= 0.6 is 23.2 Å². The summed E-state index contributed by atoms with van der Waals surface area (Å²) in [5.74, 6) is 0.596. The van der Waals surface area contributed by atoms with Crippen molar-refractivity contribution in [3.63, 3.8) is 0 Å². The van der Waals surface area contributed by atoms with Gasteiger partial charge in [0.25, 0.3) is 0 Å². The van der Waals surface area contributed by atoms with Crippen molar-refractivity contribution in [1.82, 2.24) is 14.8 Å². The molecule has 2 aromatic heterocycles. The number of aromatic nitrogens is 3. The van der Waals surface area contributed by atoms with Crippen molar-refractivity contribution in [2.75, 3.05) is 6.61 Å². The van der Waals surface area contributed by atoms with Gasteiger partial charge in [-0.1, -0.05) is 35.3 Å². The highest BCUT2D eigenvalue weighted by Gasteiger charge is 2.11. The second kappa shape index (κ2) is 7.24. The van der Waals surface area contributed by atoms with Gasteiger partial charge in [0.1, 0.15) is 0 Å². The first-order valence-corrected chi connectivity index (χ1v) is 8.39. The number of hydrogen-bond donors (Lipinski definition) is 0. The first-order chi connectivity index (χ1) is 11.6. The molecular formula is C18H17Cl2N3O. The molecule has 0 atom stereocenters. The van der Waals surface area contributed by atoms with Crippen molar-refractivity contribution in [3.05, 3.63) is 64.0 Å². The SMILES string of the molecule is CCOc1ncc(Cn2cc(Cl)c(C)n2)cc1-c1cccc(Cl)c1. The summed E-state index contributed by atoms with van der Waals surface area (Å²) in [6, 6.07) is 9.70. The maximum Gasteiger partial charge on any atom is 0.221 e. The van der Waals surface area contributed by atoms with E-state index in [0.717, 1.165) is 22.4 Å². The molecule has 6 heteroatoms. The Kier molecular flexibility index (Phi) is 5.07. The van der Waals surface area contributed by atoms with Crippen LogP contribution in [0, 0.1) is 6.92 Å². The van der Waals surface area contributed by atoms with E-state index in [1.54, 1.807) is 10.9 Å². The maximum atomic E-state index is 6.12. The molecule has 0 saturated carbocycles. The van der Waals surface area contributed by atoms with Gasteiger partial charge in [-0.05, 0) is 43.2 Å². The van der Waals surface area contributed by atoms with Gasteiger partial charge >= 0.3 is 0 Å². The first-order valence-electron chi connectivity index (χ1n) is 7.64. The van der Waals surface area contributed by atoms with E-state index in [1.807, 2.05) is 44.3 Å². The Labute approximate surface area is 151 Å². The Morgan fingerprint density at radius 1 is 1.21 bits per heavy atom. The normalized spacial score (nSPS) is 10.8. The zero-order valence-electron chi connectivity index (χ0n) is 13.5. The van der Waals surface area contributed by atoms with Gasteiger partial charge in [0.2, 0.25) is 5.88 Å². The Hall–Kier alpha value is -2.04. The number of benzene rings is 1. The Morgan fingerprint density at radius 2 is 2.04 bits per heavy atom. The van der Waals surface area contributed by atoms with Crippen molar-refractivity contribution >= 4 is 23.2 Å². The maximum absolute atomic E-state index is 6.12. The van der Waals surface area contributed by atoms with E-state index < -0.39 is 0 Å². The van der Waals surface area contributed by atoms with Crippen LogP contribution in [-0.2, 0) is 6.54 Å². The summed E-state index contributed by atoms with van der Waals surface area (Å²) >= 11 is 12.2. The fourth-order valence-corrected chi connectivity index (χ4v) is 2.80. The van der Waals surface area contributed by atoms with Gasteiger partial charge in [-0.3, -0.25) is 4.68 Å². The summed E-state index contributed by atoms with van der Waals surface area (Å²) in [6.45, 7) is 4.95. The predicted octanol–water partition coefficient (Wildman–Crippen LogP) is 5.01. The molecule has 0 bridgehead atoms. The molecule has 0 unspecified atom stereocenters. The van der Waals surface area contributed by atoms with Crippen molar-refractivity contribution in [2.45, 2.75) is 20.4 Å². The topological polar surface area (TPSA) is 39.9 Å². The summed E-state index contributed by atoms with van der Waals surface area (Å²) in [4.78, 5) is 4.46. The third kappa shape index (κ3) is 3.71. The van der Waals surface area contributed by atoms with Crippen LogP contribution in [0.3, 0.4) is 0 Å². The molecule has 3 aromatic rings. The zero-order valence-corrected chi connectivity index (χ0v) is 15.0. The number of halogens is 2. The number of ether oxygens (including phenoxy) is 1. The molecule has 0 radical (unpaired) electrons. The number of pyridine rings is 1. The number of nitrogens with zero attached hydrogens (tertiary/aromatic N) is 3. The second-order valence-electron chi connectivity index (χ2n) is 5.40. The van der Waals surface area contributed by atoms with Crippen LogP contribution in [0.2, 0.25) is 10.0 Å². The third-order valence-corrected chi connectivity index (χ3v) is 4.16. The molecular weight excluding hydrogens is 345 g/mol. The molecule has 1 aromatic carbocycles. The van der Waals surface area contributed by atoms with Crippen molar-refractivity contribution in [2.24, 2.45) is 0 Å². The van der Waals surface area contributed by atoms with Crippen molar-refractivity contribution < 1.29 is 4.74 Å².